The molecule has 1 saturated heterocycles. The minimum atomic E-state index is -0.876. The molecule has 0 atom stereocenters. The minimum absolute atomic E-state index is 0.0585. The Balaban J connectivity index is 1.81. The summed E-state index contributed by atoms with van der Waals surface area (Å²) in [5, 5.41) is 3.03. The molecule has 9 heteroatoms. The van der Waals surface area contributed by atoms with Gasteiger partial charge in [-0.2, -0.15) is 0 Å². The zero-order valence-electron chi connectivity index (χ0n) is 19.8. The normalized spacial score (nSPS) is 15.0. The van der Waals surface area contributed by atoms with Gasteiger partial charge in [-0.25, -0.2) is 0 Å². The molecule has 1 fully saturated rings. The van der Waals surface area contributed by atoms with Crippen LogP contribution < -0.4 is 21.5 Å². The molecule has 1 aromatic heterocycles. The maximum absolute atomic E-state index is 13.5. The molecule has 0 unspecified atom stereocenters. The van der Waals surface area contributed by atoms with E-state index in [2.05, 4.69) is 10.3 Å². The number of hydrogen-bond donors (Lipinski definition) is 3. The monoisotopic (exact) mass is 467 g/mol. The molecule has 0 aliphatic carbocycles. The van der Waals surface area contributed by atoms with E-state index in [0.717, 1.165) is 23.2 Å². The standard InChI is InChI=1S/C25H33N5O4/c1-3-18-6-7-20(23(27)32)21(13-18)34-16-25(8-11-30(12-9-25)22(31)14-26)24(33)29-15-19-5-4-10-28-17(19)2/h4-7,10,13H,3,8-9,11-12,14-16,26H2,1-2H3,(H2,27,32)(H,29,33). The van der Waals surface area contributed by atoms with Crippen LogP contribution in [0.2, 0.25) is 0 Å². The Morgan fingerprint density at radius 2 is 1.94 bits per heavy atom. The smallest absolute Gasteiger partial charge is 0.252 e. The van der Waals surface area contributed by atoms with Gasteiger partial charge in [-0.05, 0) is 55.5 Å². The van der Waals surface area contributed by atoms with Crippen molar-refractivity contribution >= 4 is 17.7 Å². The van der Waals surface area contributed by atoms with Crippen LogP contribution in [0, 0.1) is 12.3 Å². The van der Waals surface area contributed by atoms with E-state index in [-0.39, 0.29) is 30.5 Å². The molecular weight excluding hydrogens is 434 g/mol. The molecule has 9 nitrogen and oxygen atoms in total. The molecule has 0 saturated carbocycles. The first-order valence-corrected chi connectivity index (χ1v) is 11.5. The highest BCUT2D eigenvalue weighted by Gasteiger charge is 2.43. The summed E-state index contributed by atoms with van der Waals surface area (Å²) in [7, 11) is 0. The molecule has 1 aliphatic heterocycles. The van der Waals surface area contributed by atoms with Gasteiger partial charge >= 0.3 is 0 Å². The number of rotatable bonds is 9. The highest BCUT2D eigenvalue weighted by Crippen LogP contribution is 2.34. The van der Waals surface area contributed by atoms with Crippen molar-refractivity contribution in [2.75, 3.05) is 26.2 Å². The van der Waals surface area contributed by atoms with Crippen LogP contribution in [0.3, 0.4) is 0 Å². The number of likely N-dealkylation sites (tertiary alicyclic amines) is 1. The third-order valence-electron chi connectivity index (χ3n) is 6.51. The predicted molar refractivity (Wildman–Crippen MR) is 128 cm³/mol. The average molecular weight is 468 g/mol. The second kappa shape index (κ2) is 11.1. The quantitative estimate of drug-likeness (QED) is 0.508. The largest absolute Gasteiger partial charge is 0.492 e. The molecule has 34 heavy (non-hydrogen) atoms. The lowest BCUT2D eigenvalue weighted by Gasteiger charge is -2.40. The van der Waals surface area contributed by atoms with Gasteiger partial charge < -0.3 is 26.4 Å². The van der Waals surface area contributed by atoms with Crippen LogP contribution in [0.4, 0.5) is 0 Å². The Morgan fingerprint density at radius 1 is 1.21 bits per heavy atom. The van der Waals surface area contributed by atoms with Gasteiger partial charge in [0.15, 0.2) is 0 Å². The lowest BCUT2D eigenvalue weighted by Crippen LogP contribution is -2.53. The summed E-state index contributed by atoms with van der Waals surface area (Å²) in [4.78, 5) is 43.4. The van der Waals surface area contributed by atoms with Crippen molar-refractivity contribution in [1.82, 2.24) is 15.2 Å². The molecule has 3 rings (SSSR count). The second-order valence-corrected chi connectivity index (χ2v) is 8.63. The number of nitrogens with zero attached hydrogens (tertiary/aromatic N) is 2. The number of piperidine rings is 1. The van der Waals surface area contributed by atoms with Crippen LogP contribution in [0.15, 0.2) is 36.5 Å². The number of nitrogens with two attached hydrogens (primary N) is 2. The molecule has 3 amide bonds. The topological polar surface area (TPSA) is 141 Å². The van der Waals surface area contributed by atoms with Gasteiger partial charge in [0, 0.05) is 31.5 Å². The minimum Gasteiger partial charge on any atom is -0.492 e. The van der Waals surface area contributed by atoms with Crippen LogP contribution in [-0.2, 0) is 22.6 Å². The third kappa shape index (κ3) is 5.72. The predicted octanol–water partition coefficient (Wildman–Crippen LogP) is 1.31. The number of primary amides is 1. The summed E-state index contributed by atoms with van der Waals surface area (Å²) < 4.78 is 6.10. The average Bonchev–Trinajstić information content (AvgIpc) is 2.86. The number of pyridine rings is 1. The van der Waals surface area contributed by atoms with Gasteiger partial charge in [0.25, 0.3) is 5.91 Å². The third-order valence-corrected chi connectivity index (χ3v) is 6.51. The first kappa shape index (κ1) is 25.2. The number of carbonyl (C=O) groups is 3. The fraction of sp³-hybridized carbons (Fsp3) is 0.440. The van der Waals surface area contributed by atoms with E-state index in [1.54, 1.807) is 23.2 Å². The van der Waals surface area contributed by atoms with Crippen molar-refractivity contribution in [1.29, 1.82) is 0 Å². The maximum Gasteiger partial charge on any atom is 0.252 e. The van der Waals surface area contributed by atoms with Gasteiger partial charge in [0.1, 0.15) is 12.4 Å². The Hall–Kier alpha value is -3.46. The van der Waals surface area contributed by atoms with E-state index < -0.39 is 11.3 Å². The van der Waals surface area contributed by atoms with Crippen LogP contribution in [0.5, 0.6) is 5.75 Å². The highest BCUT2D eigenvalue weighted by molar-refractivity contribution is 5.95. The zero-order chi connectivity index (χ0) is 24.7. The van der Waals surface area contributed by atoms with Crippen LogP contribution in [0.25, 0.3) is 0 Å². The molecule has 0 spiro atoms. The van der Waals surface area contributed by atoms with E-state index >= 15 is 0 Å². The number of hydrogen-bond acceptors (Lipinski definition) is 6. The number of amides is 3. The zero-order valence-corrected chi connectivity index (χ0v) is 19.8. The van der Waals surface area contributed by atoms with Crippen LogP contribution in [0.1, 0.15) is 46.9 Å². The number of carbonyl (C=O) groups excluding carboxylic acids is 3. The Bertz CT molecular complexity index is 1050. The lowest BCUT2D eigenvalue weighted by molar-refractivity contribution is -0.141. The molecule has 2 heterocycles. The fourth-order valence-corrected chi connectivity index (χ4v) is 4.14. The van der Waals surface area contributed by atoms with E-state index in [1.165, 1.54) is 0 Å². The molecule has 182 valence electrons. The van der Waals surface area contributed by atoms with Crippen molar-refractivity contribution in [3.05, 3.63) is 58.9 Å². The molecule has 2 aromatic rings. The second-order valence-electron chi connectivity index (χ2n) is 8.63. The number of ether oxygens (including phenoxy) is 1. The molecular formula is C25H33N5O4. The Kier molecular flexibility index (Phi) is 8.22. The number of aromatic nitrogens is 1. The SMILES string of the molecule is CCc1ccc(C(N)=O)c(OCC2(C(=O)NCc3cccnc3C)CCN(C(=O)CN)CC2)c1. The molecule has 1 aromatic carbocycles. The van der Waals surface area contributed by atoms with Gasteiger partial charge in [-0.15, -0.1) is 0 Å². The van der Waals surface area contributed by atoms with Gasteiger partial charge in [-0.3, -0.25) is 19.4 Å². The maximum atomic E-state index is 13.5. The van der Waals surface area contributed by atoms with Crippen molar-refractivity contribution in [2.45, 2.75) is 39.7 Å². The van der Waals surface area contributed by atoms with Crippen LogP contribution in [-0.4, -0.2) is 53.8 Å². The van der Waals surface area contributed by atoms with Crippen molar-refractivity contribution in [2.24, 2.45) is 16.9 Å². The van der Waals surface area contributed by atoms with Crippen molar-refractivity contribution < 1.29 is 19.1 Å². The van der Waals surface area contributed by atoms with Crippen molar-refractivity contribution in [3.8, 4) is 5.75 Å². The summed E-state index contributed by atoms with van der Waals surface area (Å²) in [5.41, 5.74) is 13.2. The lowest BCUT2D eigenvalue weighted by atomic mass is 9.78. The Labute approximate surface area is 199 Å². The highest BCUT2D eigenvalue weighted by atomic mass is 16.5. The molecule has 1 aliphatic rings. The number of benzene rings is 1. The summed E-state index contributed by atoms with van der Waals surface area (Å²) in [6.45, 7) is 5.02. The summed E-state index contributed by atoms with van der Waals surface area (Å²) in [6, 6.07) is 9.03. The van der Waals surface area contributed by atoms with Gasteiger partial charge in [0.05, 0.1) is 17.5 Å². The molecule has 5 N–H and O–H groups in total. The van der Waals surface area contributed by atoms with E-state index in [1.807, 2.05) is 32.0 Å². The van der Waals surface area contributed by atoms with Crippen LogP contribution >= 0.6 is 0 Å². The Morgan fingerprint density at radius 3 is 2.56 bits per heavy atom. The number of nitrogens with one attached hydrogen (secondary N) is 1. The summed E-state index contributed by atoms with van der Waals surface area (Å²) >= 11 is 0. The first-order valence-electron chi connectivity index (χ1n) is 11.5. The van der Waals surface area contributed by atoms with E-state index in [0.29, 0.717) is 38.2 Å². The first-order chi connectivity index (χ1) is 16.3. The van der Waals surface area contributed by atoms with Gasteiger partial charge in [-0.1, -0.05) is 19.1 Å². The van der Waals surface area contributed by atoms with Crippen molar-refractivity contribution in [3.63, 3.8) is 0 Å². The van der Waals surface area contributed by atoms with E-state index in [4.69, 9.17) is 16.2 Å². The van der Waals surface area contributed by atoms with E-state index in [9.17, 15) is 14.4 Å². The number of aryl methyl sites for hydroxylation is 2. The molecule has 0 radical (unpaired) electrons. The molecule has 0 bridgehead atoms. The fourth-order valence-electron chi connectivity index (χ4n) is 4.14. The summed E-state index contributed by atoms with van der Waals surface area (Å²) in [6.07, 6.45) is 3.30. The van der Waals surface area contributed by atoms with Gasteiger partial charge in [0.2, 0.25) is 11.8 Å². The summed E-state index contributed by atoms with van der Waals surface area (Å²) in [5.74, 6) is -0.537.